The third-order valence-corrected chi connectivity index (χ3v) is 8.28. The van der Waals surface area contributed by atoms with Crippen LogP contribution < -0.4 is 24.0 Å². The summed E-state index contributed by atoms with van der Waals surface area (Å²) in [5.41, 5.74) is -3.45. The third-order valence-electron chi connectivity index (χ3n) is 8.28. The van der Waals surface area contributed by atoms with E-state index in [0.717, 1.165) is 6.07 Å². The minimum Gasteiger partial charge on any atom is -0.497 e. The van der Waals surface area contributed by atoms with E-state index < -0.39 is 88.8 Å². The molecule has 1 N–H and O–H groups in total. The molecule has 334 valence electrons. The highest BCUT2D eigenvalue weighted by Crippen LogP contribution is 2.41. The van der Waals surface area contributed by atoms with E-state index in [-0.39, 0.29) is 35.8 Å². The van der Waals surface area contributed by atoms with Crippen molar-refractivity contribution in [3.8, 4) is 17.2 Å². The van der Waals surface area contributed by atoms with Gasteiger partial charge in [-0.15, -0.1) is 0 Å². The van der Waals surface area contributed by atoms with E-state index in [2.05, 4.69) is 0 Å². The molecule has 2 aromatic rings. The molecule has 1 fully saturated rings. The van der Waals surface area contributed by atoms with Crippen molar-refractivity contribution >= 4 is 40.9 Å². The smallest absolute Gasteiger partial charge is 0.326 e. The minimum atomic E-state index is -0.873. The van der Waals surface area contributed by atoms with Crippen LogP contribution in [0.5, 0.6) is 17.2 Å². The largest absolute Gasteiger partial charge is 0.497 e. The second-order valence-electron chi connectivity index (χ2n) is 18.5. The Morgan fingerprint density at radius 2 is 1.03 bits per heavy atom. The first-order valence-corrected chi connectivity index (χ1v) is 19.9. The number of benzene rings is 2. The van der Waals surface area contributed by atoms with Crippen LogP contribution in [0.25, 0.3) is 0 Å². The number of ether oxygens (including phenoxy) is 7. The molecule has 3 rings (SSSR count). The summed E-state index contributed by atoms with van der Waals surface area (Å²) in [7, 11) is 1.48. The fourth-order valence-electron chi connectivity index (χ4n) is 6.27. The lowest BCUT2D eigenvalue weighted by molar-refractivity contribution is -0.385. The van der Waals surface area contributed by atoms with Gasteiger partial charge in [-0.3, -0.25) is 29.3 Å². The van der Waals surface area contributed by atoms with Gasteiger partial charge in [0, 0.05) is 6.07 Å². The summed E-state index contributed by atoms with van der Waals surface area (Å²) in [5, 5.41) is 22.5. The molecule has 2 atom stereocenters. The Morgan fingerprint density at radius 3 is 1.38 bits per heavy atom. The number of carbonyl (C=O) groups is 4. The highest BCUT2D eigenvalue weighted by Gasteiger charge is 2.36. The molecular weight excluding hydrogens is 782 g/mol. The van der Waals surface area contributed by atoms with Gasteiger partial charge in [0.1, 0.15) is 78.0 Å². The molecule has 0 aromatic heterocycles. The van der Waals surface area contributed by atoms with Crippen molar-refractivity contribution in [2.45, 2.75) is 144 Å². The molecule has 60 heavy (non-hydrogen) atoms. The second-order valence-corrected chi connectivity index (χ2v) is 18.5. The summed E-state index contributed by atoms with van der Waals surface area (Å²) in [6.07, 6.45) is 0.0505. The monoisotopic (exact) mass is 845 g/mol. The number of esters is 4. The Labute approximate surface area is 352 Å². The van der Waals surface area contributed by atoms with Crippen LogP contribution in [0.1, 0.15) is 108 Å². The van der Waals surface area contributed by atoms with Gasteiger partial charge < -0.3 is 48.1 Å². The molecule has 17 heteroatoms. The van der Waals surface area contributed by atoms with E-state index in [4.69, 9.17) is 33.2 Å². The van der Waals surface area contributed by atoms with Crippen LogP contribution in [0.4, 0.5) is 17.1 Å². The van der Waals surface area contributed by atoms with Gasteiger partial charge in [0.05, 0.1) is 41.6 Å². The number of aliphatic hydroxyl groups excluding tert-OH is 1. The zero-order valence-corrected chi connectivity index (χ0v) is 37.3. The van der Waals surface area contributed by atoms with Gasteiger partial charge in [0.15, 0.2) is 0 Å². The van der Waals surface area contributed by atoms with Gasteiger partial charge in [-0.05, 0) is 121 Å². The first-order chi connectivity index (χ1) is 27.6. The highest BCUT2D eigenvalue weighted by atomic mass is 16.6. The van der Waals surface area contributed by atoms with E-state index in [1.54, 1.807) is 101 Å². The van der Waals surface area contributed by atoms with E-state index >= 15 is 0 Å². The Hall–Kier alpha value is -5.32. The summed E-state index contributed by atoms with van der Waals surface area (Å²) >= 11 is 0. The van der Waals surface area contributed by atoms with Crippen LogP contribution in [-0.4, -0.2) is 102 Å². The summed E-state index contributed by atoms with van der Waals surface area (Å²) in [5.74, 6) is -2.01. The summed E-state index contributed by atoms with van der Waals surface area (Å²) in [6.45, 7) is 18.2. The van der Waals surface area contributed by atoms with Gasteiger partial charge in [0.2, 0.25) is 0 Å². The fourth-order valence-corrected chi connectivity index (χ4v) is 6.27. The first-order valence-electron chi connectivity index (χ1n) is 19.9. The van der Waals surface area contributed by atoms with Crippen molar-refractivity contribution in [3.05, 3.63) is 46.0 Å². The molecule has 2 aromatic carbocycles. The Kier molecular flexibility index (Phi) is 16.2. The van der Waals surface area contributed by atoms with Crippen molar-refractivity contribution in [2.24, 2.45) is 0 Å². The quantitative estimate of drug-likeness (QED) is 0.0786. The molecule has 1 aliphatic rings. The van der Waals surface area contributed by atoms with Crippen molar-refractivity contribution in [1.29, 1.82) is 0 Å². The lowest BCUT2D eigenvalue weighted by atomic mass is 10.1. The van der Waals surface area contributed by atoms with Gasteiger partial charge in [-0.25, -0.2) is 0 Å². The lowest BCUT2D eigenvalue weighted by Crippen LogP contribution is -2.41. The molecule has 0 heterocycles. The van der Waals surface area contributed by atoms with Gasteiger partial charge >= 0.3 is 23.9 Å². The maximum atomic E-state index is 13.3. The normalized spacial score (nSPS) is 15.7. The highest BCUT2D eigenvalue weighted by molar-refractivity contribution is 5.84. The van der Waals surface area contributed by atoms with Crippen LogP contribution in [0.2, 0.25) is 0 Å². The topological polar surface area (TPSA) is 203 Å². The minimum absolute atomic E-state index is 0.0612. The number of carbonyl (C=O) groups excluding carboxylic acids is 4. The van der Waals surface area contributed by atoms with E-state index in [1.807, 2.05) is 0 Å². The molecule has 17 nitrogen and oxygen atoms in total. The van der Waals surface area contributed by atoms with Gasteiger partial charge in [0.25, 0.3) is 5.69 Å². The number of anilines is 2. The molecule has 0 radical (unpaired) electrons. The molecule has 0 saturated heterocycles. The molecule has 1 aliphatic carbocycles. The van der Waals surface area contributed by atoms with Gasteiger partial charge in [-0.1, -0.05) is 0 Å². The molecule has 1 saturated carbocycles. The number of aliphatic hydroxyl groups is 1. The van der Waals surface area contributed by atoms with Crippen LogP contribution in [-0.2, 0) is 44.7 Å². The fraction of sp³-hybridized carbons (Fsp3) is 0.628. The number of nitro benzene ring substituents is 1. The van der Waals surface area contributed by atoms with Crippen LogP contribution >= 0.6 is 0 Å². The number of hydrogen-bond donors (Lipinski definition) is 1. The lowest BCUT2D eigenvalue weighted by Gasteiger charge is -2.31. The first kappa shape index (κ1) is 49.0. The summed E-state index contributed by atoms with van der Waals surface area (Å²) < 4.78 is 41.1. The van der Waals surface area contributed by atoms with Crippen molar-refractivity contribution in [2.75, 3.05) is 43.1 Å². The van der Waals surface area contributed by atoms with Crippen LogP contribution in [0, 0.1) is 10.1 Å². The Balaban J connectivity index is 2.12. The Morgan fingerprint density at radius 1 is 0.650 bits per heavy atom. The van der Waals surface area contributed by atoms with Gasteiger partial charge in [-0.2, -0.15) is 0 Å². The molecule has 0 amide bonds. The number of nitrogens with zero attached hydrogens (tertiary/aromatic N) is 3. The van der Waals surface area contributed by atoms with Crippen LogP contribution in [0.15, 0.2) is 30.3 Å². The van der Waals surface area contributed by atoms with Crippen molar-refractivity contribution < 1.29 is 62.4 Å². The Bertz CT molecular complexity index is 1790. The molecule has 0 unspecified atom stereocenters. The van der Waals surface area contributed by atoms with E-state index in [0.29, 0.717) is 30.7 Å². The predicted molar refractivity (Wildman–Crippen MR) is 223 cm³/mol. The van der Waals surface area contributed by atoms with Crippen molar-refractivity contribution in [3.63, 3.8) is 0 Å². The number of nitro groups is 1. The van der Waals surface area contributed by atoms with E-state index in [1.165, 1.54) is 23.0 Å². The summed E-state index contributed by atoms with van der Waals surface area (Å²) in [6, 6.07) is 7.36. The predicted octanol–water partition coefficient (Wildman–Crippen LogP) is 6.45. The van der Waals surface area contributed by atoms with E-state index in [9.17, 15) is 34.4 Å². The molecule has 0 spiro atoms. The second kappa shape index (κ2) is 19.8. The zero-order chi connectivity index (χ0) is 45.4. The molecular formula is C43H63N3O14. The average Bonchev–Trinajstić information content (AvgIpc) is 3.49. The van der Waals surface area contributed by atoms with Crippen LogP contribution in [0.3, 0.4) is 0 Å². The molecule has 0 aliphatic heterocycles. The summed E-state index contributed by atoms with van der Waals surface area (Å²) in [4.78, 5) is 67.3. The average molecular weight is 846 g/mol. The SMILES string of the molecule is COc1ccc(N(CC(=O)OC(C)(C)C)CC(=O)OC(C)(C)C)c(O[C@@H]2CCC[C@@H]2Oc2cc([N+](=O)[O-])c(CO)cc2N(CC(=O)OC(C)(C)C)CC(=O)OC(C)(C)C)c1. The third kappa shape index (κ3) is 16.0. The maximum absolute atomic E-state index is 13.3. The molecule has 0 bridgehead atoms. The number of hydrogen-bond acceptors (Lipinski definition) is 16. The number of methoxy groups -OCH3 is 1. The number of rotatable bonds is 17. The zero-order valence-electron chi connectivity index (χ0n) is 37.3. The standard InChI is InChI=1S/C43H63N3O14/c1-40(2,3)57-36(48)22-44(23-37(49)58-41(4,5)6)29-18-17-28(54-13)20-34(29)55-32-15-14-16-33(32)56-35-21-30(46(52)53)27(26-47)19-31(35)45(24-38(50)59-42(7,8)9)25-39(51)60-43(10,11)12/h17-21,32-33,47H,14-16,22-26H2,1-13H3/t32-,33+/m1/s1. The maximum Gasteiger partial charge on any atom is 0.326 e. The van der Waals surface area contributed by atoms with Crippen molar-refractivity contribution in [1.82, 2.24) is 0 Å².